The SMILES string of the molecule is FN1CCN(c2ncccn2)CC1CCCCc1ccccc1. The Labute approximate surface area is 136 Å². The molecule has 1 aromatic heterocycles. The van der Waals surface area contributed by atoms with Crippen LogP contribution < -0.4 is 4.90 Å². The maximum atomic E-state index is 14.1. The summed E-state index contributed by atoms with van der Waals surface area (Å²) in [7, 11) is 0. The van der Waals surface area contributed by atoms with Gasteiger partial charge in [-0.3, -0.25) is 0 Å². The molecule has 2 aromatic rings. The normalized spacial score (nSPS) is 19.0. The first-order chi connectivity index (χ1) is 11.3. The highest BCUT2D eigenvalue weighted by atomic mass is 19.2. The molecule has 3 rings (SSSR count). The summed E-state index contributed by atoms with van der Waals surface area (Å²) in [5.41, 5.74) is 1.35. The molecule has 0 amide bonds. The molecule has 0 N–H and O–H groups in total. The topological polar surface area (TPSA) is 32.3 Å². The van der Waals surface area contributed by atoms with E-state index in [0.717, 1.165) is 30.8 Å². The Kier molecular flexibility index (Phi) is 5.53. The molecule has 0 aliphatic carbocycles. The molecule has 5 heteroatoms. The second-order valence-electron chi connectivity index (χ2n) is 6.00. The third kappa shape index (κ3) is 4.48. The van der Waals surface area contributed by atoms with Gasteiger partial charge in [0.2, 0.25) is 5.95 Å². The molecule has 1 saturated heterocycles. The van der Waals surface area contributed by atoms with Crippen LogP contribution >= 0.6 is 0 Å². The van der Waals surface area contributed by atoms with Crippen LogP contribution in [0.5, 0.6) is 0 Å². The van der Waals surface area contributed by atoms with E-state index in [1.54, 1.807) is 18.5 Å². The summed E-state index contributed by atoms with van der Waals surface area (Å²) in [5.74, 6) is 0.704. The summed E-state index contributed by atoms with van der Waals surface area (Å²) >= 11 is 0. The van der Waals surface area contributed by atoms with Crippen LogP contribution in [0.4, 0.5) is 10.4 Å². The Morgan fingerprint density at radius 3 is 2.57 bits per heavy atom. The summed E-state index contributed by atoms with van der Waals surface area (Å²) in [6.07, 6.45) is 7.52. The molecule has 1 aliphatic heterocycles. The molecule has 1 atom stereocenters. The quantitative estimate of drug-likeness (QED) is 0.605. The van der Waals surface area contributed by atoms with Crippen molar-refractivity contribution in [1.29, 1.82) is 0 Å². The van der Waals surface area contributed by atoms with Gasteiger partial charge in [-0.05, 0) is 30.9 Å². The first-order valence-corrected chi connectivity index (χ1v) is 8.31. The van der Waals surface area contributed by atoms with E-state index in [1.807, 2.05) is 6.07 Å². The molecule has 0 radical (unpaired) electrons. The second-order valence-corrected chi connectivity index (χ2v) is 6.00. The second kappa shape index (κ2) is 8.02. The van der Waals surface area contributed by atoms with E-state index < -0.39 is 0 Å². The van der Waals surface area contributed by atoms with Crippen LogP contribution in [-0.2, 0) is 6.42 Å². The van der Waals surface area contributed by atoms with Crippen molar-refractivity contribution in [3.05, 3.63) is 54.4 Å². The van der Waals surface area contributed by atoms with Crippen LogP contribution in [-0.4, -0.2) is 40.8 Å². The lowest BCUT2D eigenvalue weighted by Crippen LogP contribution is -2.50. The number of aryl methyl sites for hydroxylation is 1. The van der Waals surface area contributed by atoms with Crippen LogP contribution in [0.15, 0.2) is 48.8 Å². The fourth-order valence-electron chi connectivity index (χ4n) is 3.05. The number of anilines is 1. The zero-order valence-electron chi connectivity index (χ0n) is 13.3. The lowest BCUT2D eigenvalue weighted by Gasteiger charge is -2.36. The number of halogens is 1. The summed E-state index contributed by atoms with van der Waals surface area (Å²) in [6.45, 7) is 1.72. The molecular weight excluding hydrogens is 291 g/mol. The van der Waals surface area contributed by atoms with Crippen LogP contribution in [0.1, 0.15) is 24.8 Å². The number of benzene rings is 1. The molecule has 0 bridgehead atoms. The minimum absolute atomic E-state index is 0.0664. The number of piperazine rings is 1. The van der Waals surface area contributed by atoms with E-state index >= 15 is 0 Å². The molecule has 1 fully saturated rings. The minimum Gasteiger partial charge on any atom is -0.338 e. The van der Waals surface area contributed by atoms with Gasteiger partial charge in [-0.15, -0.1) is 9.60 Å². The van der Waals surface area contributed by atoms with Gasteiger partial charge in [0.05, 0.1) is 6.04 Å². The number of unbranched alkanes of at least 4 members (excludes halogenated alkanes) is 1. The molecule has 122 valence electrons. The average molecular weight is 314 g/mol. The maximum absolute atomic E-state index is 14.1. The zero-order valence-corrected chi connectivity index (χ0v) is 13.3. The molecule has 1 aromatic carbocycles. The summed E-state index contributed by atoms with van der Waals surface area (Å²) in [4.78, 5) is 10.6. The molecule has 4 nitrogen and oxygen atoms in total. The van der Waals surface area contributed by atoms with Gasteiger partial charge in [0.1, 0.15) is 0 Å². The van der Waals surface area contributed by atoms with Crippen molar-refractivity contribution < 1.29 is 4.48 Å². The van der Waals surface area contributed by atoms with Crippen molar-refractivity contribution in [3.8, 4) is 0 Å². The summed E-state index contributed by atoms with van der Waals surface area (Å²) < 4.78 is 14.1. The lowest BCUT2D eigenvalue weighted by molar-refractivity contribution is -0.0333. The monoisotopic (exact) mass is 314 g/mol. The van der Waals surface area contributed by atoms with E-state index in [0.29, 0.717) is 25.6 Å². The van der Waals surface area contributed by atoms with E-state index in [1.165, 1.54) is 5.56 Å². The fraction of sp³-hybridized carbons (Fsp3) is 0.444. The largest absolute Gasteiger partial charge is 0.338 e. The standard InChI is InChI=1S/C18H23FN4/c19-23-14-13-22(18-20-11-6-12-21-18)15-17(23)10-5-4-9-16-7-2-1-3-8-16/h1-3,6-8,11-12,17H,4-5,9-10,13-15H2. The number of rotatable bonds is 6. The molecule has 0 saturated carbocycles. The number of aromatic nitrogens is 2. The van der Waals surface area contributed by atoms with Gasteiger partial charge in [-0.2, -0.15) is 0 Å². The highest BCUT2D eigenvalue weighted by Gasteiger charge is 2.27. The first kappa shape index (κ1) is 15.9. The van der Waals surface area contributed by atoms with Crippen molar-refractivity contribution >= 4 is 5.95 Å². The fourth-order valence-corrected chi connectivity index (χ4v) is 3.05. The predicted molar refractivity (Wildman–Crippen MR) is 89.8 cm³/mol. The van der Waals surface area contributed by atoms with Gasteiger partial charge in [-0.25, -0.2) is 9.97 Å². The molecule has 23 heavy (non-hydrogen) atoms. The van der Waals surface area contributed by atoms with Gasteiger partial charge in [0.15, 0.2) is 0 Å². The van der Waals surface area contributed by atoms with Crippen LogP contribution in [0.25, 0.3) is 0 Å². The Balaban J connectivity index is 1.46. The number of nitrogens with zero attached hydrogens (tertiary/aromatic N) is 4. The van der Waals surface area contributed by atoms with Crippen molar-refractivity contribution in [2.75, 3.05) is 24.5 Å². The molecule has 0 spiro atoms. The molecule has 2 heterocycles. The van der Waals surface area contributed by atoms with E-state index in [-0.39, 0.29) is 6.04 Å². The Bertz CT molecular complexity index is 578. The van der Waals surface area contributed by atoms with Crippen molar-refractivity contribution in [2.24, 2.45) is 0 Å². The summed E-state index contributed by atoms with van der Waals surface area (Å²) in [6, 6.07) is 12.2. The Morgan fingerprint density at radius 1 is 1.00 bits per heavy atom. The predicted octanol–water partition coefficient (Wildman–Crippen LogP) is 3.26. The smallest absolute Gasteiger partial charge is 0.225 e. The minimum atomic E-state index is -0.0664. The third-order valence-electron chi connectivity index (χ3n) is 4.34. The average Bonchev–Trinajstić information content (AvgIpc) is 2.62. The van der Waals surface area contributed by atoms with Gasteiger partial charge < -0.3 is 4.90 Å². The molecule has 1 aliphatic rings. The number of hydrogen-bond donors (Lipinski definition) is 0. The van der Waals surface area contributed by atoms with E-state index in [2.05, 4.69) is 39.1 Å². The third-order valence-corrected chi connectivity index (χ3v) is 4.34. The Hall–Kier alpha value is -2.01. The molecule has 1 unspecified atom stereocenters. The van der Waals surface area contributed by atoms with Gasteiger partial charge in [-0.1, -0.05) is 36.8 Å². The highest BCUT2D eigenvalue weighted by Crippen LogP contribution is 2.19. The summed E-state index contributed by atoms with van der Waals surface area (Å²) in [5, 5.41) is 0.988. The first-order valence-electron chi connectivity index (χ1n) is 8.31. The van der Waals surface area contributed by atoms with Crippen LogP contribution in [0, 0.1) is 0 Å². The van der Waals surface area contributed by atoms with E-state index in [9.17, 15) is 4.48 Å². The molecular formula is C18H23FN4. The highest BCUT2D eigenvalue weighted by molar-refractivity contribution is 5.29. The lowest BCUT2D eigenvalue weighted by atomic mass is 10.0. The number of hydrogen-bond acceptors (Lipinski definition) is 4. The zero-order chi connectivity index (χ0) is 15.9. The maximum Gasteiger partial charge on any atom is 0.225 e. The van der Waals surface area contributed by atoms with Crippen LogP contribution in [0.3, 0.4) is 0 Å². The van der Waals surface area contributed by atoms with Gasteiger partial charge in [0, 0.05) is 32.0 Å². The van der Waals surface area contributed by atoms with Crippen LogP contribution in [0.2, 0.25) is 0 Å². The Morgan fingerprint density at radius 2 is 1.78 bits per heavy atom. The van der Waals surface area contributed by atoms with Crippen molar-refractivity contribution in [1.82, 2.24) is 15.1 Å². The van der Waals surface area contributed by atoms with Gasteiger partial charge >= 0.3 is 0 Å². The van der Waals surface area contributed by atoms with Gasteiger partial charge in [0.25, 0.3) is 0 Å². The van der Waals surface area contributed by atoms with Crippen molar-refractivity contribution in [2.45, 2.75) is 31.7 Å². The van der Waals surface area contributed by atoms with E-state index in [4.69, 9.17) is 0 Å². The van der Waals surface area contributed by atoms with Crippen molar-refractivity contribution in [3.63, 3.8) is 0 Å².